The van der Waals surface area contributed by atoms with Crippen LogP contribution in [0.5, 0.6) is 0 Å². The second-order valence-electron chi connectivity index (χ2n) is 6.37. The molecule has 1 N–H and O–H groups in total. The van der Waals surface area contributed by atoms with Crippen LogP contribution in [0.1, 0.15) is 16.1 Å². The molecule has 2 aromatic heterocycles. The molecule has 1 fully saturated rings. The first kappa shape index (κ1) is 18.8. The first-order chi connectivity index (χ1) is 13.7. The molecule has 0 atom stereocenters. The highest BCUT2D eigenvalue weighted by atomic mass is 32.1. The van der Waals surface area contributed by atoms with Gasteiger partial charge in [0.2, 0.25) is 5.91 Å². The van der Waals surface area contributed by atoms with Crippen LogP contribution in [0.3, 0.4) is 0 Å². The number of aromatic nitrogens is 1. The number of nitrogens with zero attached hydrogens (tertiary/aromatic N) is 2. The largest absolute Gasteiger partial charge is 0.378 e. The topological polar surface area (TPSA) is 71.5 Å². The summed E-state index contributed by atoms with van der Waals surface area (Å²) in [6.07, 6.45) is 0.197. The van der Waals surface area contributed by atoms with Gasteiger partial charge in [0.05, 0.1) is 25.3 Å². The Morgan fingerprint density at radius 3 is 2.82 bits per heavy atom. The molecule has 3 heterocycles. The predicted octanol–water partition coefficient (Wildman–Crippen LogP) is 3.53. The van der Waals surface area contributed by atoms with E-state index in [1.165, 1.54) is 11.3 Å². The van der Waals surface area contributed by atoms with Crippen molar-refractivity contribution in [3.05, 3.63) is 57.7 Å². The van der Waals surface area contributed by atoms with Gasteiger partial charge in [-0.1, -0.05) is 6.07 Å². The lowest BCUT2D eigenvalue weighted by atomic mass is 10.1. The molecule has 28 heavy (non-hydrogen) atoms. The number of hydrogen-bond acceptors (Lipinski definition) is 6. The maximum Gasteiger partial charge on any atom is 0.254 e. The van der Waals surface area contributed by atoms with Crippen LogP contribution in [-0.2, 0) is 16.0 Å². The van der Waals surface area contributed by atoms with Gasteiger partial charge in [-0.2, -0.15) is 11.3 Å². The number of morpholine rings is 1. The molecule has 2 amide bonds. The van der Waals surface area contributed by atoms with Crippen molar-refractivity contribution in [2.75, 3.05) is 31.6 Å². The Morgan fingerprint density at radius 2 is 2.04 bits per heavy atom. The van der Waals surface area contributed by atoms with Gasteiger partial charge < -0.3 is 15.0 Å². The van der Waals surface area contributed by atoms with Crippen molar-refractivity contribution >= 4 is 40.2 Å². The molecular formula is C20H19N3O3S2. The number of thiazole rings is 1. The van der Waals surface area contributed by atoms with Crippen LogP contribution in [0.15, 0.2) is 46.5 Å². The average Bonchev–Trinajstić information content (AvgIpc) is 3.40. The van der Waals surface area contributed by atoms with Gasteiger partial charge in [0.15, 0.2) is 0 Å². The maximum absolute atomic E-state index is 12.6. The van der Waals surface area contributed by atoms with E-state index in [4.69, 9.17) is 4.74 Å². The molecule has 1 aliphatic rings. The van der Waals surface area contributed by atoms with E-state index in [2.05, 4.69) is 10.3 Å². The minimum atomic E-state index is -0.154. The van der Waals surface area contributed by atoms with Crippen molar-refractivity contribution in [1.82, 2.24) is 9.88 Å². The number of thiophene rings is 1. The van der Waals surface area contributed by atoms with Gasteiger partial charge in [-0.25, -0.2) is 4.98 Å². The van der Waals surface area contributed by atoms with Gasteiger partial charge in [0.25, 0.3) is 5.91 Å². The Labute approximate surface area is 170 Å². The van der Waals surface area contributed by atoms with E-state index in [-0.39, 0.29) is 18.2 Å². The van der Waals surface area contributed by atoms with Gasteiger partial charge in [0, 0.05) is 40.7 Å². The first-order valence-corrected chi connectivity index (χ1v) is 10.8. The molecule has 0 radical (unpaired) electrons. The summed E-state index contributed by atoms with van der Waals surface area (Å²) < 4.78 is 5.29. The third kappa shape index (κ3) is 4.46. The lowest BCUT2D eigenvalue weighted by molar-refractivity contribution is -0.115. The zero-order valence-corrected chi connectivity index (χ0v) is 16.7. The lowest BCUT2D eigenvalue weighted by Gasteiger charge is -2.27. The Bertz CT molecular complexity index is 963. The molecule has 0 spiro atoms. The highest BCUT2D eigenvalue weighted by molar-refractivity contribution is 7.14. The van der Waals surface area contributed by atoms with Crippen molar-refractivity contribution in [1.29, 1.82) is 0 Å². The summed E-state index contributed by atoms with van der Waals surface area (Å²) in [4.78, 5) is 31.3. The summed E-state index contributed by atoms with van der Waals surface area (Å²) >= 11 is 3.16. The smallest absolute Gasteiger partial charge is 0.254 e. The molecule has 1 aromatic carbocycles. The average molecular weight is 414 g/mol. The number of anilines is 1. The number of ether oxygens (including phenoxy) is 1. The zero-order chi connectivity index (χ0) is 19.3. The van der Waals surface area contributed by atoms with Crippen molar-refractivity contribution in [2.45, 2.75) is 6.42 Å². The van der Waals surface area contributed by atoms with E-state index in [9.17, 15) is 9.59 Å². The van der Waals surface area contributed by atoms with Crippen LogP contribution in [-0.4, -0.2) is 48.0 Å². The molecular weight excluding hydrogens is 394 g/mol. The second kappa shape index (κ2) is 8.64. The fourth-order valence-electron chi connectivity index (χ4n) is 2.96. The van der Waals surface area contributed by atoms with Crippen LogP contribution < -0.4 is 5.32 Å². The standard InChI is InChI=1S/C20H19N3O3S2/c24-18(11-17-13-28-19(22-17)15-4-9-27-12-15)21-16-3-1-2-14(10-16)20(25)23-5-7-26-8-6-23/h1-4,9-10,12-13H,5-8,11H2,(H,21,24). The van der Waals surface area contributed by atoms with Crippen LogP contribution >= 0.6 is 22.7 Å². The van der Waals surface area contributed by atoms with E-state index < -0.39 is 0 Å². The summed E-state index contributed by atoms with van der Waals surface area (Å²) in [7, 11) is 0. The van der Waals surface area contributed by atoms with Crippen LogP contribution in [0.4, 0.5) is 5.69 Å². The molecule has 1 aliphatic heterocycles. The third-order valence-electron chi connectivity index (χ3n) is 4.35. The molecule has 6 nitrogen and oxygen atoms in total. The maximum atomic E-state index is 12.6. The number of benzene rings is 1. The van der Waals surface area contributed by atoms with E-state index in [1.807, 2.05) is 22.2 Å². The normalized spacial score (nSPS) is 14.1. The number of amides is 2. The van der Waals surface area contributed by atoms with Crippen LogP contribution in [0.2, 0.25) is 0 Å². The molecule has 144 valence electrons. The van der Waals surface area contributed by atoms with E-state index in [1.54, 1.807) is 40.5 Å². The summed E-state index contributed by atoms with van der Waals surface area (Å²) in [5, 5.41) is 9.74. The van der Waals surface area contributed by atoms with Gasteiger partial charge in [0.1, 0.15) is 5.01 Å². The molecule has 0 unspecified atom stereocenters. The molecule has 3 aromatic rings. The van der Waals surface area contributed by atoms with Crippen LogP contribution in [0.25, 0.3) is 10.6 Å². The summed E-state index contributed by atoms with van der Waals surface area (Å²) in [6, 6.07) is 9.06. The quantitative estimate of drug-likeness (QED) is 0.695. The summed E-state index contributed by atoms with van der Waals surface area (Å²) in [6.45, 7) is 2.30. The highest BCUT2D eigenvalue weighted by Crippen LogP contribution is 2.26. The van der Waals surface area contributed by atoms with E-state index in [0.29, 0.717) is 37.6 Å². The Morgan fingerprint density at radius 1 is 1.18 bits per heavy atom. The number of nitrogens with one attached hydrogen (secondary N) is 1. The lowest BCUT2D eigenvalue weighted by Crippen LogP contribution is -2.40. The number of carbonyl (C=O) groups is 2. The van der Waals surface area contributed by atoms with Crippen molar-refractivity contribution in [3.63, 3.8) is 0 Å². The molecule has 0 saturated carbocycles. The highest BCUT2D eigenvalue weighted by Gasteiger charge is 2.19. The Kier molecular flexibility index (Phi) is 5.80. The number of rotatable bonds is 5. The van der Waals surface area contributed by atoms with Crippen molar-refractivity contribution in [2.24, 2.45) is 0 Å². The first-order valence-electron chi connectivity index (χ1n) is 8.93. The van der Waals surface area contributed by atoms with Crippen molar-refractivity contribution < 1.29 is 14.3 Å². The minimum Gasteiger partial charge on any atom is -0.378 e. The monoisotopic (exact) mass is 413 g/mol. The second-order valence-corrected chi connectivity index (χ2v) is 8.00. The van der Waals surface area contributed by atoms with Gasteiger partial charge in [-0.15, -0.1) is 11.3 Å². The number of carbonyl (C=O) groups excluding carboxylic acids is 2. The Balaban J connectivity index is 1.38. The van der Waals surface area contributed by atoms with E-state index >= 15 is 0 Å². The minimum absolute atomic E-state index is 0.0423. The Hall–Kier alpha value is -2.55. The number of hydrogen-bond donors (Lipinski definition) is 1. The van der Waals surface area contributed by atoms with E-state index in [0.717, 1.165) is 16.3 Å². The fraction of sp³-hybridized carbons (Fsp3) is 0.250. The van der Waals surface area contributed by atoms with Crippen molar-refractivity contribution in [3.8, 4) is 10.6 Å². The summed E-state index contributed by atoms with van der Waals surface area (Å²) in [5.41, 5.74) is 2.99. The molecule has 1 saturated heterocycles. The predicted molar refractivity (Wildman–Crippen MR) is 111 cm³/mol. The van der Waals surface area contributed by atoms with Crippen LogP contribution in [0, 0.1) is 0 Å². The summed E-state index contributed by atoms with van der Waals surface area (Å²) in [5.74, 6) is -0.197. The van der Waals surface area contributed by atoms with Gasteiger partial charge >= 0.3 is 0 Å². The fourth-order valence-corrected chi connectivity index (χ4v) is 4.49. The molecule has 0 bridgehead atoms. The molecule has 4 rings (SSSR count). The molecule has 8 heteroatoms. The molecule has 0 aliphatic carbocycles. The zero-order valence-electron chi connectivity index (χ0n) is 15.1. The SMILES string of the molecule is O=C(Cc1csc(-c2ccsc2)n1)Nc1cccc(C(=O)N2CCOCC2)c1. The third-order valence-corrected chi connectivity index (χ3v) is 5.98. The van der Waals surface area contributed by atoms with Gasteiger partial charge in [-0.05, 0) is 29.6 Å². The van der Waals surface area contributed by atoms with Gasteiger partial charge in [-0.3, -0.25) is 9.59 Å².